The van der Waals surface area contributed by atoms with Gasteiger partial charge in [-0.2, -0.15) is 0 Å². The van der Waals surface area contributed by atoms with Crippen molar-refractivity contribution in [3.63, 3.8) is 0 Å². The van der Waals surface area contributed by atoms with Crippen LogP contribution >= 0.6 is 23.4 Å². The first-order valence-electron chi connectivity index (χ1n) is 6.47. The number of halogens is 1. The minimum Gasteiger partial charge on any atom is -0.316 e. The molecular weight excluding hydrogens is 296 g/mol. The van der Waals surface area contributed by atoms with E-state index in [4.69, 9.17) is 11.6 Å². The van der Waals surface area contributed by atoms with Crippen LogP contribution in [0.2, 0.25) is 5.02 Å². The quantitative estimate of drug-likeness (QED) is 0.890. The van der Waals surface area contributed by atoms with Crippen molar-refractivity contribution in [3.8, 4) is 0 Å². The number of H-pyrrole nitrogens is 1. The summed E-state index contributed by atoms with van der Waals surface area (Å²) in [4.78, 5) is 12.7. The number of nitrogens with zero attached hydrogens (tertiary/aromatic N) is 2. The molecule has 5 nitrogen and oxygen atoms in total. The fourth-order valence-corrected chi connectivity index (χ4v) is 3.46. The summed E-state index contributed by atoms with van der Waals surface area (Å²) >= 11 is 7.74. The Labute approximate surface area is 125 Å². The second kappa shape index (κ2) is 5.63. The van der Waals surface area contributed by atoms with Crippen LogP contribution in [0.25, 0.3) is 0 Å². The Morgan fingerprint density at radius 1 is 1.55 bits per heavy atom. The lowest BCUT2D eigenvalue weighted by atomic mass is 10.2. The maximum Gasteiger partial charge on any atom is 0.344 e. The van der Waals surface area contributed by atoms with E-state index in [0.29, 0.717) is 16.2 Å². The molecule has 0 unspecified atom stereocenters. The van der Waals surface area contributed by atoms with E-state index in [9.17, 15) is 4.79 Å². The van der Waals surface area contributed by atoms with Gasteiger partial charge in [-0.15, -0.1) is 5.10 Å². The lowest BCUT2D eigenvalue weighted by Gasteiger charge is -2.10. The van der Waals surface area contributed by atoms with E-state index in [-0.39, 0.29) is 5.69 Å². The Bertz CT molecular complexity index is 677. The molecule has 0 radical (unpaired) electrons. The van der Waals surface area contributed by atoms with Crippen molar-refractivity contribution in [3.05, 3.63) is 39.3 Å². The van der Waals surface area contributed by atoms with Gasteiger partial charge in [-0.3, -0.25) is 4.57 Å². The predicted molar refractivity (Wildman–Crippen MR) is 79.5 cm³/mol. The molecule has 0 saturated heterocycles. The number of benzene rings is 1. The summed E-state index contributed by atoms with van der Waals surface area (Å²) in [7, 11) is 1.89. The molecule has 0 bridgehead atoms. The Balaban J connectivity index is 1.97. The molecule has 1 aliphatic carbocycles. The molecule has 7 heteroatoms. The third-order valence-corrected chi connectivity index (χ3v) is 4.78. The fourth-order valence-electron chi connectivity index (χ4n) is 2.11. The monoisotopic (exact) mass is 310 g/mol. The molecule has 0 amide bonds. The zero-order valence-corrected chi connectivity index (χ0v) is 12.6. The van der Waals surface area contributed by atoms with Gasteiger partial charge in [0.1, 0.15) is 0 Å². The molecule has 2 N–H and O–H groups in total. The first-order chi connectivity index (χ1) is 9.70. The lowest BCUT2D eigenvalue weighted by Crippen LogP contribution is -2.16. The van der Waals surface area contributed by atoms with Crippen molar-refractivity contribution in [2.75, 3.05) is 7.05 Å². The van der Waals surface area contributed by atoms with Crippen molar-refractivity contribution in [2.24, 2.45) is 0 Å². The largest absolute Gasteiger partial charge is 0.344 e. The molecular formula is C13H15ClN4OS. The lowest BCUT2D eigenvalue weighted by molar-refractivity contribution is 0.642. The Hall–Kier alpha value is -1.24. The standard InChI is InChI=1S/C13H15ClN4OS/c1-15-7-8-3-2-4-10(14)11(8)20-13-17-16-12(19)18(13)9-5-6-9/h2-4,9,15H,5-7H2,1H3,(H,16,19). The molecule has 1 fully saturated rings. The fraction of sp³-hybridized carbons (Fsp3) is 0.385. The summed E-state index contributed by atoms with van der Waals surface area (Å²) in [6, 6.07) is 6.10. The predicted octanol–water partition coefficient (Wildman–Crippen LogP) is 2.43. The summed E-state index contributed by atoms with van der Waals surface area (Å²) in [6.07, 6.45) is 2.08. The van der Waals surface area contributed by atoms with Crippen LogP contribution in [-0.2, 0) is 6.54 Å². The highest BCUT2D eigenvalue weighted by Gasteiger charge is 2.29. The number of aromatic amines is 1. The molecule has 3 rings (SSSR count). The average molecular weight is 311 g/mol. The van der Waals surface area contributed by atoms with Crippen molar-refractivity contribution < 1.29 is 0 Å². The third-order valence-electron chi connectivity index (χ3n) is 3.19. The van der Waals surface area contributed by atoms with E-state index in [0.717, 1.165) is 29.8 Å². The van der Waals surface area contributed by atoms with Crippen LogP contribution in [0.15, 0.2) is 33.0 Å². The number of hydrogen-bond acceptors (Lipinski definition) is 4. The first kappa shape index (κ1) is 13.7. The normalized spacial score (nSPS) is 14.7. The van der Waals surface area contributed by atoms with Crippen molar-refractivity contribution in [2.45, 2.75) is 35.5 Å². The molecule has 0 spiro atoms. The topological polar surface area (TPSA) is 62.7 Å². The van der Waals surface area contributed by atoms with Crippen LogP contribution in [0, 0.1) is 0 Å². The van der Waals surface area contributed by atoms with Gasteiger partial charge in [0.2, 0.25) is 0 Å². The van der Waals surface area contributed by atoms with E-state index >= 15 is 0 Å². The molecule has 106 valence electrons. The van der Waals surface area contributed by atoms with Crippen LogP contribution < -0.4 is 11.0 Å². The summed E-state index contributed by atoms with van der Waals surface area (Å²) < 4.78 is 1.73. The van der Waals surface area contributed by atoms with Crippen LogP contribution in [-0.4, -0.2) is 21.8 Å². The molecule has 20 heavy (non-hydrogen) atoms. The van der Waals surface area contributed by atoms with Gasteiger partial charge < -0.3 is 5.32 Å². The second-order valence-electron chi connectivity index (χ2n) is 4.77. The Morgan fingerprint density at radius 3 is 3.05 bits per heavy atom. The first-order valence-corrected chi connectivity index (χ1v) is 7.67. The summed E-state index contributed by atoms with van der Waals surface area (Å²) in [5, 5.41) is 11.1. The minimum absolute atomic E-state index is 0.141. The molecule has 1 heterocycles. The van der Waals surface area contributed by atoms with E-state index in [1.165, 1.54) is 11.8 Å². The van der Waals surface area contributed by atoms with Gasteiger partial charge in [0.25, 0.3) is 0 Å². The maximum absolute atomic E-state index is 11.8. The van der Waals surface area contributed by atoms with E-state index in [1.54, 1.807) is 4.57 Å². The van der Waals surface area contributed by atoms with Crippen LogP contribution in [0.5, 0.6) is 0 Å². The molecule has 1 saturated carbocycles. The summed E-state index contributed by atoms with van der Waals surface area (Å²) in [5.41, 5.74) is 0.958. The van der Waals surface area contributed by atoms with Crippen LogP contribution in [0.1, 0.15) is 24.4 Å². The minimum atomic E-state index is -0.141. The highest BCUT2D eigenvalue weighted by molar-refractivity contribution is 7.99. The number of hydrogen-bond donors (Lipinski definition) is 2. The molecule has 0 aliphatic heterocycles. The molecule has 0 atom stereocenters. The SMILES string of the molecule is CNCc1cccc(Cl)c1Sc1n[nH]c(=O)n1C1CC1. The zero-order valence-electron chi connectivity index (χ0n) is 11.0. The average Bonchev–Trinajstić information content (AvgIpc) is 3.19. The van der Waals surface area contributed by atoms with Gasteiger partial charge in [0, 0.05) is 17.5 Å². The Kier molecular flexibility index (Phi) is 3.87. The number of aromatic nitrogens is 3. The second-order valence-corrected chi connectivity index (χ2v) is 6.16. The van der Waals surface area contributed by atoms with Crippen molar-refractivity contribution in [1.29, 1.82) is 0 Å². The summed E-state index contributed by atoms with van der Waals surface area (Å²) in [5.74, 6) is 0. The maximum atomic E-state index is 11.8. The highest BCUT2D eigenvalue weighted by Crippen LogP contribution is 2.40. The molecule has 2 aromatic rings. The summed E-state index contributed by atoms with van der Waals surface area (Å²) in [6.45, 7) is 0.723. The molecule has 1 aliphatic rings. The van der Waals surface area contributed by atoms with Crippen LogP contribution in [0.3, 0.4) is 0 Å². The highest BCUT2D eigenvalue weighted by atomic mass is 35.5. The van der Waals surface area contributed by atoms with Gasteiger partial charge in [0.15, 0.2) is 5.16 Å². The van der Waals surface area contributed by atoms with E-state index in [1.807, 2.05) is 25.2 Å². The number of rotatable bonds is 5. The third kappa shape index (κ3) is 2.63. The van der Waals surface area contributed by atoms with Gasteiger partial charge >= 0.3 is 5.69 Å². The van der Waals surface area contributed by atoms with Crippen LogP contribution in [0.4, 0.5) is 0 Å². The van der Waals surface area contributed by atoms with Crippen molar-refractivity contribution in [1.82, 2.24) is 20.1 Å². The van der Waals surface area contributed by atoms with Gasteiger partial charge in [-0.05, 0) is 43.3 Å². The Morgan fingerprint density at radius 2 is 2.35 bits per heavy atom. The van der Waals surface area contributed by atoms with Gasteiger partial charge in [-0.25, -0.2) is 9.89 Å². The molecule has 1 aromatic carbocycles. The smallest absolute Gasteiger partial charge is 0.316 e. The van der Waals surface area contributed by atoms with Gasteiger partial charge in [0.05, 0.1) is 5.02 Å². The van der Waals surface area contributed by atoms with Gasteiger partial charge in [-0.1, -0.05) is 23.7 Å². The zero-order chi connectivity index (χ0) is 14.1. The van der Waals surface area contributed by atoms with E-state index < -0.39 is 0 Å². The van der Waals surface area contributed by atoms with Crippen molar-refractivity contribution >= 4 is 23.4 Å². The number of nitrogens with one attached hydrogen (secondary N) is 2. The molecule has 1 aromatic heterocycles. The van der Waals surface area contributed by atoms with E-state index in [2.05, 4.69) is 15.5 Å².